The van der Waals surface area contributed by atoms with Gasteiger partial charge in [0, 0.05) is 59.1 Å². The van der Waals surface area contributed by atoms with Crippen molar-refractivity contribution in [3.05, 3.63) is 36.4 Å². The molecule has 1 unspecified atom stereocenters. The van der Waals surface area contributed by atoms with Crippen LogP contribution in [0.2, 0.25) is 0 Å². The molecule has 2 aliphatic heterocycles. The number of anilines is 3. The number of hydrogen-bond acceptors (Lipinski definition) is 9. The summed E-state index contributed by atoms with van der Waals surface area (Å²) in [5.41, 5.74) is -0.823. The number of aliphatic hydroxyl groups is 1. The lowest BCUT2D eigenvalue weighted by atomic mass is 10.0. The molecule has 2 saturated heterocycles. The van der Waals surface area contributed by atoms with Gasteiger partial charge in [-0.1, -0.05) is 0 Å². The van der Waals surface area contributed by atoms with E-state index in [1.54, 1.807) is 12.3 Å². The van der Waals surface area contributed by atoms with Gasteiger partial charge < -0.3 is 29.4 Å². The maximum Gasteiger partial charge on any atom is 0.227 e. The highest BCUT2D eigenvalue weighted by Crippen LogP contribution is 2.26. The number of likely N-dealkylation sites (N-methyl/N-ethyl adjacent to an activating group) is 2. The molecule has 0 spiro atoms. The lowest BCUT2D eigenvalue weighted by molar-refractivity contribution is 0.0307. The van der Waals surface area contributed by atoms with Gasteiger partial charge in [-0.3, -0.25) is 0 Å². The van der Waals surface area contributed by atoms with E-state index in [0.29, 0.717) is 37.8 Å². The van der Waals surface area contributed by atoms with E-state index in [4.69, 9.17) is 9.72 Å². The Morgan fingerprint density at radius 1 is 1.06 bits per heavy atom. The maximum absolute atomic E-state index is 13.1. The molecule has 10 heteroatoms. The first-order valence-corrected chi connectivity index (χ1v) is 11.1. The summed E-state index contributed by atoms with van der Waals surface area (Å²) in [5.74, 6) is 1.96. The Morgan fingerprint density at radius 2 is 1.88 bits per heavy atom. The van der Waals surface area contributed by atoms with E-state index in [2.05, 4.69) is 19.8 Å². The molecule has 2 fully saturated rings. The van der Waals surface area contributed by atoms with Crippen LogP contribution in [0.15, 0.2) is 30.6 Å². The minimum absolute atomic E-state index is 0.355. The van der Waals surface area contributed by atoms with Gasteiger partial charge in [0.2, 0.25) is 5.95 Å². The third-order valence-electron chi connectivity index (χ3n) is 6.05. The average Bonchev–Trinajstić information content (AvgIpc) is 3.20. The van der Waals surface area contributed by atoms with E-state index < -0.39 is 5.60 Å². The summed E-state index contributed by atoms with van der Waals surface area (Å²) in [6.07, 6.45) is 3.66. The zero-order chi connectivity index (χ0) is 22.6. The Hall–Kier alpha value is -2.56. The van der Waals surface area contributed by atoms with Crippen LogP contribution in [0.1, 0.15) is 6.42 Å². The molecule has 0 saturated carbocycles. The zero-order valence-corrected chi connectivity index (χ0v) is 18.8. The normalized spacial score (nSPS) is 21.4. The first-order valence-electron chi connectivity index (χ1n) is 11.1. The van der Waals surface area contributed by atoms with E-state index in [1.807, 2.05) is 30.0 Å². The Bertz CT molecular complexity index is 881. The van der Waals surface area contributed by atoms with Crippen molar-refractivity contribution in [2.24, 2.45) is 0 Å². The van der Waals surface area contributed by atoms with Crippen molar-refractivity contribution < 1.29 is 14.2 Å². The number of nitrogens with zero attached hydrogens (tertiary/aromatic N) is 7. The average molecular weight is 446 g/mol. The Labute approximate surface area is 188 Å². The van der Waals surface area contributed by atoms with E-state index >= 15 is 0 Å². The molecule has 2 aliphatic rings. The molecular weight excluding hydrogens is 413 g/mol. The molecule has 0 radical (unpaired) electrons. The third kappa shape index (κ3) is 5.62. The zero-order valence-electron chi connectivity index (χ0n) is 18.8. The van der Waals surface area contributed by atoms with Gasteiger partial charge in [-0.15, -0.1) is 0 Å². The highest BCUT2D eigenvalue weighted by molar-refractivity contribution is 5.44. The molecule has 0 aromatic carbocycles. The van der Waals surface area contributed by atoms with Gasteiger partial charge in [0.05, 0.1) is 25.0 Å². The summed E-state index contributed by atoms with van der Waals surface area (Å²) in [6.45, 7) is 6.35. The number of β-amino-alcohol motifs (C(OH)–C–C–N with tert-alkyl or cyclic N) is 1. The molecule has 4 rings (SSSR count). The van der Waals surface area contributed by atoms with Gasteiger partial charge in [-0.25, -0.2) is 14.4 Å². The smallest absolute Gasteiger partial charge is 0.227 e. The number of halogens is 1. The number of aromatic nitrogens is 3. The Balaban J connectivity index is 1.27. The standard InChI is InChI=1S/C22H32FN7O2/c1-27(16-22(31)6-8-30(17-22)19-4-3-18(23)15-25-19)9-10-28(2)21-24-7-5-20(26-21)29-11-13-32-14-12-29/h3-5,7,15,31H,6,8-14,16-17H2,1-2H3. The predicted octanol–water partition coefficient (Wildman–Crippen LogP) is 0.857. The van der Waals surface area contributed by atoms with Gasteiger partial charge in [-0.2, -0.15) is 4.98 Å². The third-order valence-corrected chi connectivity index (χ3v) is 6.05. The molecule has 9 nitrogen and oxygen atoms in total. The van der Waals surface area contributed by atoms with Crippen LogP contribution in [0.5, 0.6) is 0 Å². The van der Waals surface area contributed by atoms with Crippen LogP contribution in [0.4, 0.5) is 22.0 Å². The van der Waals surface area contributed by atoms with Crippen molar-refractivity contribution >= 4 is 17.6 Å². The van der Waals surface area contributed by atoms with E-state index in [1.165, 1.54) is 12.3 Å². The van der Waals surface area contributed by atoms with Crippen molar-refractivity contribution in [1.82, 2.24) is 19.9 Å². The fourth-order valence-electron chi connectivity index (χ4n) is 4.23. The van der Waals surface area contributed by atoms with Crippen LogP contribution >= 0.6 is 0 Å². The fraction of sp³-hybridized carbons (Fsp3) is 0.591. The first kappa shape index (κ1) is 22.6. The lowest BCUT2D eigenvalue weighted by Crippen LogP contribution is -2.45. The summed E-state index contributed by atoms with van der Waals surface area (Å²) in [5, 5.41) is 11.1. The molecule has 0 aliphatic carbocycles. The first-order chi connectivity index (χ1) is 15.4. The second kappa shape index (κ2) is 9.93. The second-order valence-corrected chi connectivity index (χ2v) is 8.70. The van der Waals surface area contributed by atoms with E-state index in [0.717, 1.165) is 45.2 Å². The highest BCUT2D eigenvalue weighted by Gasteiger charge is 2.37. The second-order valence-electron chi connectivity index (χ2n) is 8.70. The van der Waals surface area contributed by atoms with Crippen LogP contribution in [0.3, 0.4) is 0 Å². The summed E-state index contributed by atoms with van der Waals surface area (Å²) < 4.78 is 18.5. The molecule has 0 bridgehead atoms. The van der Waals surface area contributed by atoms with Crippen molar-refractivity contribution in [1.29, 1.82) is 0 Å². The van der Waals surface area contributed by atoms with Gasteiger partial charge in [0.25, 0.3) is 0 Å². The lowest BCUT2D eigenvalue weighted by Gasteiger charge is -2.31. The molecule has 1 atom stereocenters. The molecule has 2 aromatic rings. The minimum Gasteiger partial charge on any atom is -0.387 e. The van der Waals surface area contributed by atoms with Crippen LogP contribution in [0, 0.1) is 5.82 Å². The quantitative estimate of drug-likeness (QED) is 0.636. The summed E-state index contributed by atoms with van der Waals surface area (Å²) in [4.78, 5) is 21.7. The molecule has 1 N–H and O–H groups in total. The predicted molar refractivity (Wildman–Crippen MR) is 122 cm³/mol. The number of pyridine rings is 1. The van der Waals surface area contributed by atoms with Crippen LogP contribution in [-0.2, 0) is 4.74 Å². The van der Waals surface area contributed by atoms with E-state index in [-0.39, 0.29) is 5.82 Å². The van der Waals surface area contributed by atoms with Crippen LogP contribution in [-0.4, -0.2) is 104 Å². The van der Waals surface area contributed by atoms with Gasteiger partial charge in [0.1, 0.15) is 17.5 Å². The number of ether oxygens (including phenoxy) is 1. The largest absolute Gasteiger partial charge is 0.387 e. The maximum atomic E-state index is 13.1. The molecule has 174 valence electrons. The summed E-state index contributed by atoms with van der Waals surface area (Å²) in [7, 11) is 3.99. The van der Waals surface area contributed by atoms with Crippen molar-refractivity contribution in [2.45, 2.75) is 12.0 Å². The van der Waals surface area contributed by atoms with Gasteiger partial charge in [0.15, 0.2) is 0 Å². The van der Waals surface area contributed by atoms with Crippen LogP contribution < -0.4 is 14.7 Å². The Morgan fingerprint density at radius 3 is 2.62 bits per heavy atom. The van der Waals surface area contributed by atoms with E-state index in [9.17, 15) is 9.50 Å². The summed E-state index contributed by atoms with van der Waals surface area (Å²) in [6, 6.07) is 4.99. The minimum atomic E-state index is -0.823. The topological polar surface area (TPSA) is 81.1 Å². The van der Waals surface area contributed by atoms with Crippen molar-refractivity contribution in [3.8, 4) is 0 Å². The Kier molecular flexibility index (Phi) is 7.02. The molecule has 0 amide bonds. The molecule has 4 heterocycles. The summed E-state index contributed by atoms with van der Waals surface area (Å²) >= 11 is 0. The number of rotatable bonds is 8. The SMILES string of the molecule is CN(CCN(C)c1nccc(N2CCOCC2)n1)CC1(O)CCN(c2ccc(F)cn2)C1. The monoisotopic (exact) mass is 445 g/mol. The number of hydrogen-bond donors (Lipinski definition) is 1. The molecule has 2 aromatic heterocycles. The van der Waals surface area contributed by atoms with Crippen LogP contribution in [0.25, 0.3) is 0 Å². The highest BCUT2D eigenvalue weighted by atomic mass is 19.1. The van der Waals surface area contributed by atoms with Crippen molar-refractivity contribution in [3.63, 3.8) is 0 Å². The van der Waals surface area contributed by atoms with Gasteiger partial charge in [-0.05, 0) is 31.7 Å². The van der Waals surface area contributed by atoms with Gasteiger partial charge >= 0.3 is 0 Å². The fourth-order valence-corrected chi connectivity index (χ4v) is 4.23. The molecule has 32 heavy (non-hydrogen) atoms. The molecular formula is C22H32FN7O2. The number of morpholine rings is 1. The van der Waals surface area contributed by atoms with Crippen molar-refractivity contribution in [2.75, 3.05) is 87.8 Å².